The fourth-order valence-corrected chi connectivity index (χ4v) is 2.31. The second kappa shape index (κ2) is 4.50. The quantitative estimate of drug-likeness (QED) is 0.818. The van der Waals surface area contributed by atoms with Crippen LogP contribution in [0.5, 0.6) is 0 Å². The molecule has 0 radical (unpaired) electrons. The van der Waals surface area contributed by atoms with Crippen molar-refractivity contribution in [3.8, 4) is 0 Å². The molecule has 0 aliphatic heterocycles. The number of thiophene rings is 1. The van der Waals surface area contributed by atoms with Gasteiger partial charge in [-0.3, -0.25) is 0 Å². The van der Waals surface area contributed by atoms with Crippen LogP contribution in [0.3, 0.4) is 0 Å². The zero-order valence-corrected chi connectivity index (χ0v) is 9.82. The summed E-state index contributed by atoms with van der Waals surface area (Å²) >= 11 is 1.50. The Morgan fingerprint density at radius 3 is 2.12 bits per heavy atom. The summed E-state index contributed by atoms with van der Waals surface area (Å²) in [6.07, 6.45) is 0. The lowest BCUT2D eigenvalue weighted by Crippen LogP contribution is -2.12. The molecule has 0 saturated heterocycles. The first-order chi connectivity index (χ1) is 7.99. The molecule has 2 aromatic rings. The van der Waals surface area contributed by atoms with Gasteiger partial charge in [0.25, 0.3) is 0 Å². The largest absolute Gasteiger partial charge is 0.320 e. The monoisotopic (exact) mass is 257 g/mol. The van der Waals surface area contributed by atoms with Gasteiger partial charge in [0.15, 0.2) is 17.5 Å². The minimum atomic E-state index is -1.47. The van der Waals surface area contributed by atoms with E-state index in [2.05, 4.69) is 0 Å². The maximum atomic E-state index is 13.1. The number of halogens is 3. The van der Waals surface area contributed by atoms with Crippen molar-refractivity contribution < 1.29 is 13.2 Å². The Bertz CT molecular complexity index is 527. The molecule has 0 saturated carbocycles. The summed E-state index contributed by atoms with van der Waals surface area (Å²) in [6, 6.07) is 3.05. The molecule has 0 fully saturated rings. The van der Waals surface area contributed by atoms with Crippen LogP contribution >= 0.6 is 11.3 Å². The Morgan fingerprint density at radius 2 is 1.65 bits per heavy atom. The van der Waals surface area contributed by atoms with E-state index in [1.165, 1.54) is 11.3 Å². The van der Waals surface area contributed by atoms with Crippen LogP contribution in [0.4, 0.5) is 13.2 Å². The highest BCUT2D eigenvalue weighted by atomic mass is 32.1. The van der Waals surface area contributed by atoms with E-state index in [0.29, 0.717) is 0 Å². The molecule has 0 amide bonds. The van der Waals surface area contributed by atoms with E-state index in [9.17, 15) is 13.2 Å². The lowest BCUT2D eigenvalue weighted by Gasteiger charge is -2.11. The fourth-order valence-electron chi connectivity index (χ4n) is 1.57. The fraction of sp³-hybridized carbons (Fsp3) is 0.167. The zero-order chi connectivity index (χ0) is 12.6. The third-order valence-corrected chi connectivity index (χ3v) is 3.35. The van der Waals surface area contributed by atoms with Gasteiger partial charge >= 0.3 is 0 Å². The van der Waals surface area contributed by atoms with Crippen LogP contribution in [-0.4, -0.2) is 0 Å². The van der Waals surface area contributed by atoms with E-state index in [-0.39, 0.29) is 5.56 Å². The minimum absolute atomic E-state index is 0.221. The summed E-state index contributed by atoms with van der Waals surface area (Å²) in [6.45, 7) is 1.91. The van der Waals surface area contributed by atoms with Crippen molar-refractivity contribution in [3.05, 3.63) is 57.0 Å². The van der Waals surface area contributed by atoms with Crippen molar-refractivity contribution in [1.82, 2.24) is 0 Å². The summed E-state index contributed by atoms with van der Waals surface area (Å²) in [5.41, 5.74) is 6.85. The molecule has 0 aliphatic carbocycles. The molecular formula is C12H10F3NS. The van der Waals surface area contributed by atoms with E-state index >= 15 is 0 Å². The molecule has 1 heterocycles. The number of hydrogen-bond acceptors (Lipinski definition) is 2. The number of rotatable bonds is 2. The van der Waals surface area contributed by atoms with Crippen LogP contribution in [0.1, 0.15) is 22.0 Å². The maximum Gasteiger partial charge on any atom is 0.194 e. The number of nitrogens with two attached hydrogens (primary N) is 1. The molecule has 90 valence electrons. The Labute approximate surface area is 101 Å². The van der Waals surface area contributed by atoms with E-state index in [4.69, 9.17) is 5.73 Å². The second-order valence-corrected chi connectivity index (χ2v) is 4.88. The molecule has 17 heavy (non-hydrogen) atoms. The average Bonchev–Trinajstić information content (AvgIpc) is 2.71. The Balaban J connectivity index is 2.41. The van der Waals surface area contributed by atoms with Gasteiger partial charge in [0.05, 0.1) is 6.04 Å². The summed E-state index contributed by atoms with van der Waals surface area (Å²) < 4.78 is 38.9. The van der Waals surface area contributed by atoms with Crippen LogP contribution in [0.2, 0.25) is 0 Å². The average molecular weight is 257 g/mol. The Morgan fingerprint density at radius 1 is 1.06 bits per heavy atom. The van der Waals surface area contributed by atoms with Gasteiger partial charge in [0.1, 0.15) is 0 Å². The smallest absolute Gasteiger partial charge is 0.194 e. The molecule has 1 nitrogen and oxygen atoms in total. The highest BCUT2D eigenvalue weighted by Crippen LogP contribution is 2.26. The highest BCUT2D eigenvalue weighted by Gasteiger charge is 2.16. The van der Waals surface area contributed by atoms with Gasteiger partial charge in [-0.2, -0.15) is 0 Å². The van der Waals surface area contributed by atoms with Gasteiger partial charge in [-0.1, -0.05) is 0 Å². The lowest BCUT2D eigenvalue weighted by atomic mass is 10.0. The van der Waals surface area contributed by atoms with Crippen molar-refractivity contribution >= 4 is 11.3 Å². The molecule has 2 rings (SSSR count). The van der Waals surface area contributed by atoms with Gasteiger partial charge in [-0.15, -0.1) is 11.3 Å². The molecule has 1 unspecified atom stereocenters. The van der Waals surface area contributed by atoms with Crippen LogP contribution in [-0.2, 0) is 0 Å². The van der Waals surface area contributed by atoms with Crippen LogP contribution in [0.25, 0.3) is 0 Å². The number of benzene rings is 1. The van der Waals surface area contributed by atoms with Crippen molar-refractivity contribution in [2.45, 2.75) is 13.0 Å². The third-order valence-electron chi connectivity index (χ3n) is 2.48. The topological polar surface area (TPSA) is 26.0 Å². The maximum absolute atomic E-state index is 13.1. The van der Waals surface area contributed by atoms with Gasteiger partial charge < -0.3 is 5.73 Å². The first-order valence-corrected chi connectivity index (χ1v) is 5.82. The molecule has 5 heteroatoms. The van der Waals surface area contributed by atoms with Gasteiger partial charge in [-0.25, -0.2) is 13.2 Å². The third kappa shape index (κ3) is 2.35. The van der Waals surface area contributed by atoms with E-state index < -0.39 is 23.5 Å². The molecule has 2 N–H and O–H groups in total. The molecule has 0 spiro atoms. The summed E-state index contributed by atoms with van der Waals surface area (Å²) in [4.78, 5) is 1.05. The SMILES string of the molecule is Cc1cc(C(N)c2cc(F)c(F)c(F)c2)cs1. The van der Waals surface area contributed by atoms with E-state index in [0.717, 1.165) is 22.6 Å². The lowest BCUT2D eigenvalue weighted by molar-refractivity contribution is 0.444. The molecular weight excluding hydrogens is 247 g/mol. The Hall–Kier alpha value is -1.33. The first-order valence-electron chi connectivity index (χ1n) is 4.94. The van der Waals surface area contributed by atoms with Crippen molar-refractivity contribution in [2.75, 3.05) is 0 Å². The molecule has 0 aliphatic rings. The van der Waals surface area contributed by atoms with E-state index in [1.54, 1.807) is 0 Å². The predicted octanol–water partition coefficient (Wildman–Crippen LogP) is 3.52. The summed E-state index contributed by atoms with van der Waals surface area (Å²) in [7, 11) is 0. The van der Waals surface area contributed by atoms with Crippen LogP contribution in [0.15, 0.2) is 23.6 Å². The van der Waals surface area contributed by atoms with Gasteiger partial charge in [0.2, 0.25) is 0 Å². The minimum Gasteiger partial charge on any atom is -0.320 e. The molecule has 0 bridgehead atoms. The number of aryl methyl sites for hydroxylation is 1. The predicted molar refractivity (Wildman–Crippen MR) is 61.4 cm³/mol. The van der Waals surface area contributed by atoms with Crippen molar-refractivity contribution in [1.29, 1.82) is 0 Å². The number of hydrogen-bond donors (Lipinski definition) is 1. The summed E-state index contributed by atoms with van der Waals surface area (Å²) in [5.74, 6) is -3.91. The summed E-state index contributed by atoms with van der Waals surface area (Å²) in [5, 5.41) is 1.82. The van der Waals surface area contributed by atoms with Crippen LogP contribution in [0, 0.1) is 24.4 Å². The second-order valence-electron chi connectivity index (χ2n) is 3.77. The van der Waals surface area contributed by atoms with E-state index in [1.807, 2.05) is 18.4 Å². The Kier molecular flexibility index (Phi) is 3.22. The normalized spacial score (nSPS) is 12.8. The molecule has 1 aromatic heterocycles. The zero-order valence-electron chi connectivity index (χ0n) is 9.01. The van der Waals surface area contributed by atoms with Crippen molar-refractivity contribution in [3.63, 3.8) is 0 Å². The molecule has 1 aromatic carbocycles. The molecule has 1 atom stereocenters. The van der Waals surface area contributed by atoms with Gasteiger partial charge in [0, 0.05) is 4.88 Å². The first kappa shape index (κ1) is 12.1. The van der Waals surface area contributed by atoms with Crippen LogP contribution < -0.4 is 5.73 Å². The highest BCUT2D eigenvalue weighted by molar-refractivity contribution is 7.10. The van der Waals surface area contributed by atoms with Crippen molar-refractivity contribution in [2.24, 2.45) is 5.73 Å². The standard InChI is InChI=1S/C12H10F3NS/c1-6-2-8(5-17-6)12(16)7-3-9(13)11(15)10(14)4-7/h2-5,12H,16H2,1H3. The van der Waals surface area contributed by atoms with Gasteiger partial charge in [-0.05, 0) is 41.6 Å².